The van der Waals surface area contributed by atoms with E-state index in [4.69, 9.17) is 4.74 Å². The average molecular weight is 330 g/mol. The van der Waals surface area contributed by atoms with Crippen LogP contribution in [0.5, 0.6) is 0 Å². The summed E-state index contributed by atoms with van der Waals surface area (Å²) in [5.41, 5.74) is 3.15. The fourth-order valence-corrected chi connectivity index (χ4v) is 3.64. The Kier molecular flexibility index (Phi) is 4.98. The number of hydrogen-bond acceptors (Lipinski definition) is 4. The minimum atomic E-state index is -0.0447. The number of methoxy groups -OCH3 is 1. The van der Waals surface area contributed by atoms with Gasteiger partial charge in [0, 0.05) is 31.6 Å². The van der Waals surface area contributed by atoms with Crippen molar-refractivity contribution in [3.05, 3.63) is 46.2 Å². The molecule has 1 aliphatic rings. The number of aryl methyl sites for hydroxylation is 1. The number of nitrogens with one attached hydrogen (secondary N) is 1. The van der Waals surface area contributed by atoms with Gasteiger partial charge in [-0.15, -0.1) is 11.3 Å². The Morgan fingerprint density at radius 2 is 1.96 bits per heavy atom. The van der Waals surface area contributed by atoms with Gasteiger partial charge in [-0.05, 0) is 61.0 Å². The molecule has 23 heavy (non-hydrogen) atoms. The number of nitrogens with zero attached hydrogens (tertiary/aromatic N) is 1. The van der Waals surface area contributed by atoms with Gasteiger partial charge in [-0.3, -0.25) is 4.79 Å². The first kappa shape index (κ1) is 16.0. The normalized spacial score (nSPS) is 15.7. The standard InChI is InChI=1S/C18H22N2O2S/c1-13-11-17(23-12-13)18(21)19-14-3-5-15(6-4-14)20-9-7-16(22-2)8-10-20/h3-6,11-12,16H,7-10H2,1-2H3,(H,19,21). The van der Waals surface area contributed by atoms with Crippen LogP contribution < -0.4 is 10.2 Å². The minimum Gasteiger partial charge on any atom is -0.381 e. The van der Waals surface area contributed by atoms with Gasteiger partial charge in [0.25, 0.3) is 5.91 Å². The van der Waals surface area contributed by atoms with Crippen LogP contribution in [0, 0.1) is 6.92 Å². The number of carbonyl (C=O) groups excluding carboxylic acids is 1. The summed E-state index contributed by atoms with van der Waals surface area (Å²) in [4.78, 5) is 15.3. The molecule has 1 amide bonds. The smallest absolute Gasteiger partial charge is 0.265 e. The molecule has 1 aliphatic heterocycles. The molecule has 0 unspecified atom stereocenters. The SMILES string of the molecule is COC1CCN(c2ccc(NC(=O)c3cc(C)cs3)cc2)CC1. The molecule has 1 N–H and O–H groups in total. The van der Waals surface area contributed by atoms with Crippen LogP contribution >= 0.6 is 11.3 Å². The Bertz CT molecular complexity index is 658. The number of rotatable bonds is 4. The van der Waals surface area contributed by atoms with Crippen molar-refractivity contribution in [1.29, 1.82) is 0 Å². The lowest BCUT2D eigenvalue weighted by Gasteiger charge is -2.33. The first-order valence-corrected chi connectivity index (χ1v) is 8.78. The van der Waals surface area contributed by atoms with E-state index in [1.807, 2.05) is 30.5 Å². The molecule has 0 aliphatic carbocycles. The fraction of sp³-hybridized carbons (Fsp3) is 0.389. The van der Waals surface area contributed by atoms with Gasteiger partial charge in [0.15, 0.2) is 0 Å². The maximum Gasteiger partial charge on any atom is 0.265 e. The summed E-state index contributed by atoms with van der Waals surface area (Å²) in [7, 11) is 1.78. The lowest BCUT2D eigenvalue weighted by molar-refractivity contribution is 0.0819. The second kappa shape index (κ2) is 7.15. The third-order valence-electron chi connectivity index (χ3n) is 4.22. The zero-order valence-electron chi connectivity index (χ0n) is 13.5. The van der Waals surface area contributed by atoms with E-state index >= 15 is 0 Å². The van der Waals surface area contributed by atoms with Crippen LogP contribution in [0.25, 0.3) is 0 Å². The van der Waals surface area contributed by atoms with Crippen molar-refractivity contribution >= 4 is 28.6 Å². The van der Waals surface area contributed by atoms with Gasteiger partial charge in [0.1, 0.15) is 0 Å². The first-order valence-electron chi connectivity index (χ1n) is 7.90. The lowest BCUT2D eigenvalue weighted by atomic mass is 10.1. The molecule has 0 atom stereocenters. The predicted octanol–water partition coefficient (Wildman–Crippen LogP) is 3.92. The summed E-state index contributed by atoms with van der Waals surface area (Å²) in [6, 6.07) is 9.99. The largest absolute Gasteiger partial charge is 0.381 e. The van der Waals surface area contributed by atoms with E-state index in [0.717, 1.165) is 42.1 Å². The van der Waals surface area contributed by atoms with Crippen molar-refractivity contribution in [2.24, 2.45) is 0 Å². The van der Waals surface area contributed by atoms with Crippen LogP contribution in [0.1, 0.15) is 28.1 Å². The van der Waals surface area contributed by atoms with Crippen LogP contribution in [0.15, 0.2) is 35.7 Å². The highest BCUT2D eigenvalue weighted by atomic mass is 32.1. The summed E-state index contributed by atoms with van der Waals surface area (Å²) in [5.74, 6) is -0.0447. The van der Waals surface area contributed by atoms with Gasteiger partial charge in [0.2, 0.25) is 0 Å². The maximum atomic E-state index is 12.2. The number of benzene rings is 1. The molecule has 1 aromatic heterocycles. The maximum absolute atomic E-state index is 12.2. The molecule has 1 aromatic carbocycles. The minimum absolute atomic E-state index is 0.0447. The number of amides is 1. The third kappa shape index (κ3) is 3.92. The Balaban J connectivity index is 1.60. The van der Waals surface area contributed by atoms with E-state index < -0.39 is 0 Å². The molecule has 3 rings (SSSR count). The van der Waals surface area contributed by atoms with E-state index in [1.54, 1.807) is 7.11 Å². The molecule has 0 bridgehead atoms. The van der Waals surface area contributed by atoms with Crippen LogP contribution in [0.2, 0.25) is 0 Å². The van der Waals surface area contributed by atoms with Crippen molar-refractivity contribution in [3.8, 4) is 0 Å². The molecule has 1 fully saturated rings. The van der Waals surface area contributed by atoms with Crippen molar-refractivity contribution in [2.45, 2.75) is 25.9 Å². The highest BCUT2D eigenvalue weighted by molar-refractivity contribution is 7.12. The van der Waals surface area contributed by atoms with Gasteiger partial charge in [0.05, 0.1) is 11.0 Å². The molecule has 122 valence electrons. The lowest BCUT2D eigenvalue weighted by Crippen LogP contribution is -2.36. The Morgan fingerprint density at radius 1 is 1.26 bits per heavy atom. The molecule has 2 heterocycles. The van der Waals surface area contributed by atoms with E-state index in [-0.39, 0.29) is 5.91 Å². The second-order valence-corrected chi connectivity index (χ2v) is 6.82. The molecule has 0 radical (unpaired) electrons. The number of hydrogen-bond donors (Lipinski definition) is 1. The van der Waals surface area contributed by atoms with Crippen molar-refractivity contribution in [3.63, 3.8) is 0 Å². The average Bonchev–Trinajstić information content (AvgIpc) is 3.02. The second-order valence-electron chi connectivity index (χ2n) is 5.91. The van der Waals surface area contributed by atoms with Gasteiger partial charge >= 0.3 is 0 Å². The molecule has 0 spiro atoms. The van der Waals surface area contributed by atoms with Gasteiger partial charge < -0.3 is 15.0 Å². The highest BCUT2D eigenvalue weighted by Gasteiger charge is 2.18. The van der Waals surface area contributed by atoms with Crippen LogP contribution in [-0.2, 0) is 4.74 Å². The van der Waals surface area contributed by atoms with Gasteiger partial charge in [-0.2, -0.15) is 0 Å². The number of carbonyl (C=O) groups is 1. The molecule has 4 nitrogen and oxygen atoms in total. The summed E-state index contributed by atoms with van der Waals surface area (Å²) < 4.78 is 5.41. The van der Waals surface area contributed by atoms with E-state index in [1.165, 1.54) is 17.0 Å². The summed E-state index contributed by atoms with van der Waals surface area (Å²) in [6.07, 6.45) is 2.51. The molecule has 0 saturated carbocycles. The van der Waals surface area contributed by atoms with Crippen LogP contribution in [-0.4, -0.2) is 32.2 Å². The van der Waals surface area contributed by atoms with Crippen LogP contribution in [0.3, 0.4) is 0 Å². The Labute approximate surface area is 141 Å². The molecular weight excluding hydrogens is 308 g/mol. The van der Waals surface area contributed by atoms with Gasteiger partial charge in [-0.25, -0.2) is 0 Å². The number of anilines is 2. The predicted molar refractivity (Wildman–Crippen MR) is 95.7 cm³/mol. The van der Waals surface area contributed by atoms with Crippen molar-refractivity contribution < 1.29 is 9.53 Å². The van der Waals surface area contributed by atoms with Crippen molar-refractivity contribution in [1.82, 2.24) is 0 Å². The number of thiophene rings is 1. The van der Waals surface area contributed by atoms with Crippen molar-refractivity contribution in [2.75, 3.05) is 30.4 Å². The Hall–Kier alpha value is -1.85. The quantitative estimate of drug-likeness (QED) is 0.924. The monoisotopic (exact) mass is 330 g/mol. The van der Waals surface area contributed by atoms with Gasteiger partial charge in [-0.1, -0.05) is 0 Å². The molecule has 1 saturated heterocycles. The summed E-state index contributed by atoms with van der Waals surface area (Å²) in [5, 5.41) is 4.94. The first-order chi connectivity index (χ1) is 11.2. The highest BCUT2D eigenvalue weighted by Crippen LogP contribution is 2.23. The fourth-order valence-electron chi connectivity index (χ4n) is 2.85. The molecule has 5 heteroatoms. The topological polar surface area (TPSA) is 41.6 Å². The zero-order chi connectivity index (χ0) is 16.2. The summed E-state index contributed by atoms with van der Waals surface area (Å²) >= 11 is 1.47. The number of ether oxygens (including phenoxy) is 1. The van der Waals surface area contributed by atoms with E-state index in [2.05, 4.69) is 22.3 Å². The third-order valence-corrected chi connectivity index (χ3v) is 5.27. The number of piperidine rings is 1. The van der Waals surface area contributed by atoms with E-state index in [0.29, 0.717) is 6.10 Å². The Morgan fingerprint density at radius 3 is 2.52 bits per heavy atom. The molecular formula is C18H22N2O2S. The molecule has 2 aromatic rings. The van der Waals surface area contributed by atoms with Crippen LogP contribution in [0.4, 0.5) is 11.4 Å². The van der Waals surface area contributed by atoms with E-state index in [9.17, 15) is 4.79 Å². The zero-order valence-corrected chi connectivity index (χ0v) is 14.4. The summed E-state index contributed by atoms with van der Waals surface area (Å²) in [6.45, 7) is 4.02.